The standard InChI is InChI=1S/C16H17FN2O2/c1-10(2)21-13-5-3-4-11(8-13)16(20)19-12-6-7-15(18)14(17)9-12/h3-10H,18H2,1-2H3,(H,19,20). The van der Waals surface area contributed by atoms with E-state index in [1.807, 2.05) is 13.8 Å². The van der Waals surface area contributed by atoms with Crippen LogP contribution in [0.4, 0.5) is 15.8 Å². The third kappa shape index (κ3) is 3.95. The Kier molecular flexibility index (Phi) is 4.42. The summed E-state index contributed by atoms with van der Waals surface area (Å²) in [6.07, 6.45) is 0.0227. The van der Waals surface area contributed by atoms with E-state index in [1.54, 1.807) is 30.3 Å². The first-order valence-electron chi connectivity index (χ1n) is 6.59. The van der Waals surface area contributed by atoms with Crippen LogP contribution < -0.4 is 15.8 Å². The summed E-state index contributed by atoms with van der Waals surface area (Å²) >= 11 is 0. The van der Waals surface area contributed by atoms with Crippen molar-refractivity contribution in [3.8, 4) is 5.75 Å². The zero-order valence-corrected chi connectivity index (χ0v) is 11.9. The summed E-state index contributed by atoms with van der Waals surface area (Å²) in [5.41, 5.74) is 6.22. The lowest BCUT2D eigenvalue weighted by Gasteiger charge is -2.11. The number of nitrogen functional groups attached to an aromatic ring is 1. The summed E-state index contributed by atoms with van der Waals surface area (Å²) in [7, 11) is 0. The van der Waals surface area contributed by atoms with Gasteiger partial charge in [-0.25, -0.2) is 4.39 Å². The molecule has 0 aliphatic rings. The molecule has 110 valence electrons. The van der Waals surface area contributed by atoms with Crippen molar-refractivity contribution in [1.82, 2.24) is 0 Å². The molecule has 0 radical (unpaired) electrons. The van der Waals surface area contributed by atoms with Gasteiger partial charge in [0.1, 0.15) is 11.6 Å². The Morgan fingerprint density at radius 1 is 1.24 bits per heavy atom. The lowest BCUT2D eigenvalue weighted by Crippen LogP contribution is -2.13. The van der Waals surface area contributed by atoms with Crippen LogP contribution in [0.1, 0.15) is 24.2 Å². The maximum atomic E-state index is 13.3. The summed E-state index contributed by atoms with van der Waals surface area (Å²) in [5, 5.41) is 2.62. The van der Waals surface area contributed by atoms with Crippen molar-refractivity contribution in [3.63, 3.8) is 0 Å². The first-order valence-corrected chi connectivity index (χ1v) is 6.59. The highest BCUT2D eigenvalue weighted by Gasteiger charge is 2.09. The van der Waals surface area contributed by atoms with Gasteiger partial charge in [-0.3, -0.25) is 4.79 Å². The molecule has 4 nitrogen and oxygen atoms in total. The maximum absolute atomic E-state index is 13.3. The molecular weight excluding hydrogens is 271 g/mol. The quantitative estimate of drug-likeness (QED) is 0.847. The van der Waals surface area contributed by atoms with Crippen molar-refractivity contribution in [3.05, 3.63) is 53.8 Å². The molecule has 0 atom stereocenters. The van der Waals surface area contributed by atoms with Crippen LogP contribution in [0.5, 0.6) is 5.75 Å². The Morgan fingerprint density at radius 2 is 2.00 bits per heavy atom. The fraction of sp³-hybridized carbons (Fsp3) is 0.188. The van der Waals surface area contributed by atoms with Gasteiger partial charge in [0.25, 0.3) is 5.91 Å². The van der Waals surface area contributed by atoms with Gasteiger partial charge in [-0.05, 0) is 50.2 Å². The molecule has 5 heteroatoms. The van der Waals surface area contributed by atoms with Crippen LogP contribution in [-0.4, -0.2) is 12.0 Å². The lowest BCUT2D eigenvalue weighted by molar-refractivity contribution is 0.102. The molecule has 0 spiro atoms. The Balaban J connectivity index is 2.14. The number of nitrogens with two attached hydrogens (primary N) is 1. The number of rotatable bonds is 4. The SMILES string of the molecule is CC(C)Oc1cccc(C(=O)Nc2ccc(N)c(F)c2)c1. The van der Waals surface area contributed by atoms with Crippen molar-refractivity contribution >= 4 is 17.3 Å². The molecule has 2 aromatic rings. The first-order chi connectivity index (χ1) is 9.95. The van der Waals surface area contributed by atoms with Crippen molar-refractivity contribution in [2.24, 2.45) is 0 Å². The number of amides is 1. The predicted octanol–water partition coefficient (Wildman–Crippen LogP) is 3.45. The van der Waals surface area contributed by atoms with E-state index in [1.165, 1.54) is 12.1 Å². The Bertz CT molecular complexity index is 656. The second-order valence-electron chi connectivity index (χ2n) is 4.88. The molecule has 2 aromatic carbocycles. The second-order valence-corrected chi connectivity index (χ2v) is 4.88. The molecule has 0 aromatic heterocycles. The molecule has 0 saturated carbocycles. The summed E-state index contributed by atoms with van der Waals surface area (Å²) in [6.45, 7) is 3.81. The van der Waals surface area contributed by atoms with Crippen LogP contribution >= 0.6 is 0 Å². The summed E-state index contributed by atoms with van der Waals surface area (Å²) < 4.78 is 18.9. The van der Waals surface area contributed by atoms with E-state index in [0.717, 1.165) is 0 Å². The van der Waals surface area contributed by atoms with Crippen molar-refractivity contribution in [2.75, 3.05) is 11.1 Å². The monoisotopic (exact) mass is 288 g/mol. The van der Waals surface area contributed by atoms with Crippen molar-refractivity contribution in [2.45, 2.75) is 20.0 Å². The van der Waals surface area contributed by atoms with E-state index in [0.29, 0.717) is 17.0 Å². The minimum absolute atomic E-state index is 0.0227. The van der Waals surface area contributed by atoms with Crippen LogP contribution in [0, 0.1) is 5.82 Å². The normalized spacial score (nSPS) is 10.5. The first kappa shape index (κ1) is 14.8. The van der Waals surface area contributed by atoms with Crippen LogP contribution in [0.3, 0.4) is 0 Å². The molecule has 1 amide bonds. The Morgan fingerprint density at radius 3 is 2.67 bits per heavy atom. The molecule has 3 N–H and O–H groups in total. The molecule has 2 rings (SSSR count). The molecule has 0 aliphatic carbocycles. The second kappa shape index (κ2) is 6.26. The highest BCUT2D eigenvalue weighted by atomic mass is 19.1. The number of hydrogen-bond acceptors (Lipinski definition) is 3. The van der Waals surface area contributed by atoms with Gasteiger partial charge in [-0.15, -0.1) is 0 Å². The molecule has 0 unspecified atom stereocenters. The number of carbonyl (C=O) groups excluding carboxylic acids is 1. The molecule has 0 saturated heterocycles. The minimum Gasteiger partial charge on any atom is -0.491 e. The maximum Gasteiger partial charge on any atom is 0.255 e. The zero-order valence-electron chi connectivity index (χ0n) is 11.9. The van der Waals surface area contributed by atoms with Crippen LogP contribution in [0.25, 0.3) is 0 Å². The van der Waals surface area contributed by atoms with Crippen LogP contribution in [0.15, 0.2) is 42.5 Å². The van der Waals surface area contributed by atoms with Crippen molar-refractivity contribution in [1.29, 1.82) is 0 Å². The highest BCUT2D eigenvalue weighted by molar-refractivity contribution is 6.04. The molecule has 0 bridgehead atoms. The number of nitrogens with one attached hydrogen (secondary N) is 1. The fourth-order valence-corrected chi connectivity index (χ4v) is 1.79. The molecule has 0 heterocycles. The van der Waals surface area contributed by atoms with E-state index in [4.69, 9.17) is 10.5 Å². The number of ether oxygens (including phenoxy) is 1. The van der Waals surface area contributed by atoms with Gasteiger partial charge in [-0.1, -0.05) is 6.07 Å². The van der Waals surface area contributed by atoms with Gasteiger partial charge in [0.05, 0.1) is 11.8 Å². The van der Waals surface area contributed by atoms with Gasteiger partial charge in [0.15, 0.2) is 0 Å². The molecular formula is C16H17FN2O2. The van der Waals surface area contributed by atoms with Gasteiger partial charge in [0.2, 0.25) is 0 Å². The van der Waals surface area contributed by atoms with Gasteiger partial charge < -0.3 is 15.8 Å². The van der Waals surface area contributed by atoms with Gasteiger partial charge in [-0.2, -0.15) is 0 Å². The topological polar surface area (TPSA) is 64.3 Å². The zero-order chi connectivity index (χ0) is 15.4. The fourth-order valence-electron chi connectivity index (χ4n) is 1.79. The van der Waals surface area contributed by atoms with Crippen LogP contribution in [0.2, 0.25) is 0 Å². The predicted molar refractivity (Wildman–Crippen MR) is 81.0 cm³/mol. The van der Waals surface area contributed by atoms with E-state index in [2.05, 4.69) is 5.32 Å². The van der Waals surface area contributed by atoms with E-state index in [9.17, 15) is 9.18 Å². The summed E-state index contributed by atoms with van der Waals surface area (Å²) in [6, 6.07) is 10.9. The highest BCUT2D eigenvalue weighted by Crippen LogP contribution is 2.19. The van der Waals surface area contributed by atoms with Crippen molar-refractivity contribution < 1.29 is 13.9 Å². The van der Waals surface area contributed by atoms with Gasteiger partial charge >= 0.3 is 0 Å². The Hall–Kier alpha value is -2.56. The minimum atomic E-state index is -0.565. The summed E-state index contributed by atoms with van der Waals surface area (Å²) in [5.74, 6) is -0.292. The third-order valence-electron chi connectivity index (χ3n) is 2.73. The molecule has 0 fully saturated rings. The third-order valence-corrected chi connectivity index (χ3v) is 2.73. The van der Waals surface area contributed by atoms with Gasteiger partial charge in [0, 0.05) is 11.3 Å². The smallest absolute Gasteiger partial charge is 0.255 e. The number of carbonyl (C=O) groups is 1. The van der Waals surface area contributed by atoms with Crippen LogP contribution in [-0.2, 0) is 0 Å². The lowest BCUT2D eigenvalue weighted by atomic mass is 10.2. The number of anilines is 2. The number of halogens is 1. The number of benzene rings is 2. The number of hydrogen-bond donors (Lipinski definition) is 2. The molecule has 0 aliphatic heterocycles. The van der Waals surface area contributed by atoms with E-state index in [-0.39, 0.29) is 17.7 Å². The average molecular weight is 288 g/mol. The molecule has 21 heavy (non-hydrogen) atoms. The largest absolute Gasteiger partial charge is 0.491 e. The summed E-state index contributed by atoms with van der Waals surface area (Å²) in [4.78, 5) is 12.1. The van der Waals surface area contributed by atoms with E-state index < -0.39 is 5.82 Å². The van der Waals surface area contributed by atoms with E-state index >= 15 is 0 Å². The average Bonchev–Trinajstić information content (AvgIpc) is 2.42. The Labute approximate surface area is 122 Å².